The fourth-order valence-electron chi connectivity index (χ4n) is 3.80. The molecule has 0 saturated heterocycles. The Kier molecular flexibility index (Phi) is 15.9. The van der Waals surface area contributed by atoms with Crippen LogP contribution in [0.2, 0.25) is 0 Å². The molecule has 6 nitrogen and oxygen atoms in total. The van der Waals surface area contributed by atoms with Crippen molar-refractivity contribution in [2.45, 2.75) is 112 Å². The number of hydrogen-bond donors (Lipinski definition) is 0. The summed E-state index contributed by atoms with van der Waals surface area (Å²) in [5.74, 6) is 0. The van der Waals surface area contributed by atoms with Crippen LogP contribution in [0.5, 0.6) is 0 Å². The summed E-state index contributed by atoms with van der Waals surface area (Å²) in [5, 5.41) is 8.66. The average molecular weight is 468 g/mol. The highest BCUT2D eigenvalue weighted by molar-refractivity contribution is 4.94. The number of unbranched alkanes of at least 4 members (excludes halogenated alkanes) is 2. The fraction of sp³-hybridized carbons (Fsp3) is 0.926. The molecule has 0 saturated carbocycles. The van der Waals surface area contributed by atoms with Gasteiger partial charge in [0.1, 0.15) is 0 Å². The lowest BCUT2D eigenvalue weighted by molar-refractivity contribution is 0.00803. The van der Waals surface area contributed by atoms with Gasteiger partial charge in [0.2, 0.25) is 0 Å². The summed E-state index contributed by atoms with van der Waals surface area (Å²) in [4.78, 5) is 0. The smallest absolute Gasteiger partial charge is 0.0827 e. The molecule has 0 N–H and O–H groups in total. The second-order valence-electron chi connectivity index (χ2n) is 10.6. The molecule has 0 unspecified atom stereocenters. The summed E-state index contributed by atoms with van der Waals surface area (Å²) in [6.07, 6.45) is 14.4. The Morgan fingerprint density at radius 1 is 0.758 bits per heavy atom. The molecule has 6 heteroatoms. The molecular weight excluding hydrogens is 414 g/mol. The molecule has 1 aromatic rings. The largest absolute Gasteiger partial charge is 0.379 e. The summed E-state index contributed by atoms with van der Waals surface area (Å²) in [6, 6.07) is 0. The van der Waals surface area contributed by atoms with E-state index in [2.05, 4.69) is 58.1 Å². The Morgan fingerprint density at radius 3 is 1.91 bits per heavy atom. The minimum Gasteiger partial charge on any atom is -0.379 e. The number of rotatable bonds is 22. The van der Waals surface area contributed by atoms with E-state index in [-0.39, 0.29) is 0 Å². The van der Waals surface area contributed by atoms with Gasteiger partial charge < -0.3 is 14.2 Å². The van der Waals surface area contributed by atoms with Gasteiger partial charge >= 0.3 is 0 Å². The number of aryl methyl sites for hydroxylation is 1. The van der Waals surface area contributed by atoms with Gasteiger partial charge in [-0.2, -0.15) is 0 Å². The fourth-order valence-corrected chi connectivity index (χ4v) is 3.80. The standard InChI is InChI=1S/C27H53N3O3/c1-7-10-13-27(6,14-11-8-2)15-12-25-24-30(29-28-25)17-19-32-21-23-33-22-20-31-18-16-26(4,5)9-3/h24H,7-23H2,1-6H3. The van der Waals surface area contributed by atoms with Crippen molar-refractivity contribution in [3.63, 3.8) is 0 Å². The molecule has 0 fully saturated rings. The first-order valence-electron chi connectivity index (χ1n) is 13.5. The van der Waals surface area contributed by atoms with Crippen LogP contribution in [0, 0.1) is 10.8 Å². The van der Waals surface area contributed by atoms with E-state index in [1.165, 1.54) is 51.4 Å². The van der Waals surface area contributed by atoms with E-state index in [1.54, 1.807) is 0 Å². The number of ether oxygens (including phenoxy) is 3. The highest BCUT2D eigenvalue weighted by Crippen LogP contribution is 2.35. The Morgan fingerprint density at radius 2 is 1.33 bits per heavy atom. The van der Waals surface area contributed by atoms with E-state index in [0.29, 0.717) is 43.9 Å². The molecule has 33 heavy (non-hydrogen) atoms. The summed E-state index contributed by atoms with van der Waals surface area (Å²) in [6.45, 7) is 18.4. The zero-order chi connectivity index (χ0) is 24.4. The van der Waals surface area contributed by atoms with Crippen LogP contribution in [-0.2, 0) is 27.2 Å². The van der Waals surface area contributed by atoms with Crippen LogP contribution in [-0.4, -0.2) is 54.6 Å². The van der Waals surface area contributed by atoms with Crippen molar-refractivity contribution >= 4 is 0 Å². The van der Waals surface area contributed by atoms with Crippen LogP contribution >= 0.6 is 0 Å². The molecular formula is C27H53N3O3. The van der Waals surface area contributed by atoms with Crippen LogP contribution in [0.3, 0.4) is 0 Å². The maximum absolute atomic E-state index is 5.68. The molecule has 0 amide bonds. The van der Waals surface area contributed by atoms with Gasteiger partial charge in [0, 0.05) is 12.8 Å². The Bertz CT molecular complexity index is 581. The molecule has 194 valence electrons. The van der Waals surface area contributed by atoms with Gasteiger partial charge in [-0.15, -0.1) is 5.10 Å². The van der Waals surface area contributed by atoms with Crippen LogP contribution < -0.4 is 0 Å². The first-order chi connectivity index (χ1) is 15.8. The third kappa shape index (κ3) is 14.8. The van der Waals surface area contributed by atoms with Gasteiger partial charge in [-0.3, -0.25) is 0 Å². The SMILES string of the molecule is CCCCC(C)(CCCC)CCc1cn(CCOCCOCCOCCC(C)(C)CC)nn1. The highest BCUT2D eigenvalue weighted by Gasteiger charge is 2.23. The van der Waals surface area contributed by atoms with Crippen LogP contribution in [0.4, 0.5) is 0 Å². The van der Waals surface area contributed by atoms with Crippen molar-refractivity contribution in [3.8, 4) is 0 Å². The number of aromatic nitrogens is 3. The summed E-state index contributed by atoms with van der Waals surface area (Å²) < 4.78 is 18.8. The molecule has 0 aliphatic rings. The van der Waals surface area contributed by atoms with Crippen molar-refractivity contribution in [2.24, 2.45) is 10.8 Å². The van der Waals surface area contributed by atoms with Gasteiger partial charge in [-0.1, -0.05) is 78.9 Å². The quantitative estimate of drug-likeness (QED) is 0.183. The molecule has 1 aromatic heterocycles. The predicted molar refractivity (Wildman–Crippen MR) is 137 cm³/mol. The van der Waals surface area contributed by atoms with Gasteiger partial charge in [-0.05, 0) is 42.9 Å². The van der Waals surface area contributed by atoms with E-state index in [1.807, 2.05) is 4.68 Å². The van der Waals surface area contributed by atoms with Gasteiger partial charge in [0.05, 0.1) is 45.3 Å². The van der Waals surface area contributed by atoms with Crippen LogP contribution in [0.1, 0.15) is 105 Å². The average Bonchev–Trinajstić information content (AvgIpc) is 3.26. The van der Waals surface area contributed by atoms with E-state index < -0.39 is 0 Å². The minimum atomic E-state index is 0.364. The molecule has 0 aliphatic heterocycles. The zero-order valence-electron chi connectivity index (χ0n) is 22.7. The van der Waals surface area contributed by atoms with Crippen molar-refractivity contribution in [1.29, 1.82) is 0 Å². The lowest BCUT2D eigenvalue weighted by atomic mass is 9.76. The molecule has 1 rings (SSSR count). The first-order valence-corrected chi connectivity index (χ1v) is 13.5. The molecule has 0 aliphatic carbocycles. The minimum absolute atomic E-state index is 0.364. The molecule has 1 heterocycles. The van der Waals surface area contributed by atoms with Crippen LogP contribution in [0.15, 0.2) is 6.20 Å². The van der Waals surface area contributed by atoms with Crippen molar-refractivity contribution in [1.82, 2.24) is 15.0 Å². The van der Waals surface area contributed by atoms with E-state index in [0.717, 1.165) is 31.7 Å². The van der Waals surface area contributed by atoms with Crippen molar-refractivity contribution in [3.05, 3.63) is 11.9 Å². The summed E-state index contributed by atoms with van der Waals surface area (Å²) in [7, 11) is 0. The maximum Gasteiger partial charge on any atom is 0.0827 e. The molecule has 0 spiro atoms. The highest BCUT2D eigenvalue weighted by atomic mass is 16.5. The normalized spacial score (nSPS) is 12.5. The third-order valence-corrected chi connectivity index (χ3v) is 6.93. The summed E-state index contributed by atoms with van der Waals surface area (Å²) >= 11 is 0. The molecule has 0 atom stereocenters. The van der Waals surface area contributed by atoms with E-state index in [9.17, 15) is 0 Å². The van der Waals surface area contributed by atoms with Crippen molar-refractivity contribution in [2.75, 3.05) is 39.6 Å². The third-order valence-electron chi connectivity index (χ3n) is 6.93. The molecule has 0 aromatic carbocycles. The Labute approximate surface area is 204 Å². The van der Waals surface area contributed by atoms with Gasteiger partial charge in [0.15, 0.2) is 0 Å². The van der Waals surface area contributed by atoms with E-state index >= 15 is 0 Å². The Hall–Kier alpha value is -0.980. The first kappa shape index (κ1) is 30.1. The van der Waals surface area contributed by atoms with Gasteiger partial charge in [0.25, 0.3) is 0 Å². The lowest BCUT2D eigenvalue weighted by Crippen LogP contribution is -2.17. The Balaban J connectivity index is 2.11. The second-order valence-corrected chi connectivity index (χ2v) is 10.6. The number of hydrogen-bond acceptors (Lipinski definition) is 5. The monoisotopic (exact) mass is 467 g/mol. The molecule has 0 radical (unpaired) electrons. The molecule has 0 bridgehead atoms. The summed E-state index contributed by atoms with van der Waals surface area (Å²) in [5.41, 5.74) is 1.89. The predicted octanol–water partition coefficient (Wildman–Crippen LogP) is 6.47. The van der Waals surface area contributed by atoms with Gasteiger partial charge in [-0.25, -0.2) is 4.68 Å². The van der Waals surface area contributed by atoms with E-state index in [4.69, 9.17) is 14.2 Å². The number of nitrogens with zero attached hydrogens (tertiary/aromatic N) is 3. The zero-order valence-corrected chi connectivity index (χ0v) is 22.7. The maximum atomic E-state index is 5.68. The second kappa shape index (κ2) is 17.5. The van der Waals surface area contributed by atoms with Crippen LogP contribution in [0.25, 0.3) is 0 Å². The van der Waals surface area contributed by atoms with Crippen molar-refractivity contribution < 1.29 is 14.2 Å². The lowest BCUT2D eigenvalue weighted by Gasteiger charge is -2.29. The topological polar surface area (TPSA) is 58.4 Å².